The van der Waals surface area contributed by atoms with Gasteiger partial charge in [-0.3, -0.25) is 4.79 Å². The summed E-state index contributed by atoms with van der Waals surface area (Å²) in [7, 11) is 0. The Labute approximate surface area is 117 Å². The molecule has 1 aromatic carbocycles. The number of hydrogen-bond donors (Lipinski definition) is 0. The third-order valence-electron chi connectivity index (χ3n) is 3.95. The molecule has 0 atom stereocenters. The molecule has 0 bridgehead atoms. The van der Waals surface area contributed by atoms with E-state index in [0.29, 0.717) is 23.1 Å². The molecule has 0 amide bonds. The van der Waals surface area contributed by atoms with Gasteiger partial charge in [-0.25, -0.2) is 0 Å². The van der Waals surface area contributed by atoms with Crippen LogP contribution in [0.4, 0.5) is 0 Å². The molecule has 2 nitrogen and oxygen atoms in total. The van der Waals surface area contributed by atoms with E-state index in [2.05, 4.69) is 0 Å². The van der Waals surface area contributed by atoms with Crippen molar-refractivity contribution in [2.24, 2.45) is 5.92 Å². The van der Waals surface area contributed by atoms with Crippen molar-refractivity contribution in [3.05, 3.63) is 35.0 Å². The van der Waals surface area contributed by atoms with Crippen LogP contribution in [-0.2, 0) is 0 Å². The molecular formula is C16H17ClO2. The fraction of sp³-hybridized carbons (Fsp3) is 0.438. The molecule has 100 valence electrons. The predicted octanol–water partition coefficient (Wildman–Crippen LogP) is 5.24. The van der Waals surface area contributed by atoms with Crippen LogP contribution in [0.15, 0.2) is 28.7 Å². The van der Waals surface area contributed by atoms with Crippen LogP contribution >= 0.6 is 11.6 Å². The van der Waals surface area contributed by atoms with Gasteiger partial charge in [0.1, 0.15) is 5.58 Å². The molecule has 1 saturated carbocycles. The van der Waals surface area contributed by atoms with E-state index in [1.54, 1.807) is 6.07 Å². The Balaban J connectivity index is 1.77. The number of benzene rings is 1. The molecule has 2 aromatic rings. The maximum Gasteiger partial charge on any atom is 0.198 e. The highest BCUT2D eigenvalue weighted by atomic mass is 35.5. The van der Waals surface area contributed by atoms with E-state index in [1.165, 1.54) is 32.1 Å². The summed E-state index contributed by atoms with van der Waals surface area (Å²) in [4.78, 5) is 12.2. The highest BCUT2D eigenvalue weighted by Crippen LogP contribution is 2.29. The highest BCUT2D eigenvalue weighted by molar-refractivity contribution is 6.31. The lowest BCUT2D eigenvalue weighted by Crippen LogP contribution is -2.11. The summed E-state index contributed by atoms with van der Waals surface area (Å²) >= 11 is 5.94. The number of carbonyl (C=O) groups is 1. The van der Waals surface area contributed by atoms with Gasteiger partial charge in [0.2, 0.25) is 0 Å². The zero-order valence-electron chi connectivity index (χ0n) is 10.8. The van der Waals surface area contributed by atoms with Crippen LogP contribution in [0.3, 0.4) is 0 Å². The summed E-state index contributed by atoms with van der Waals surface area (Å²) in [6, 6.07) is 7.24. The van der Waals surface area contributed by atoms with Gasteiger partial charge in [0, 0.05) is 16.8 Å². The van der Waals surface area contributed by atoms with Gasteiger partial charge in [-0.15, -0.1) is 0 Å². The summed E-state index contributed by atoms with van der Waals surface area (Å²) in [6.07, 6.45) is 6.80. The average Bonchev–Trinajstić information content (AvgIpc) is 2.83. The van der Waals surface area contributed by atoms with E-state index < -0.39 is 0 Å². The first-order valence-corrected chi connectivity index (χ1v) is 7.32. The molecule has 19 heavy (non-hydrogen) atoms. The first kappa shape index (κ1) is 12.7. The van der Waals surface area contributed by atoms with Crippen LogP contribution in [0.25, 0.3) is 11.0 Å². The molecule has 1 fully saturated rings. The van der Waals surface area contributed by atoms with Crippen molar-refractivity contribution in [2.45, 2.75) is 38.5 Å². The van der Waals surface area contributed by atoms with Crippen LogP contribution in [0.5, 0.6) is 0 Å². The van der Waals surface area contributed by atoms with Crippen molar-refractivity contribution in [1.29, 1.82) is 0 Å². The average molecular weight is 277 g/mol. The molecule has 0 aliphatic heterocycles. The summed E-state index contributed by atoms with van der Waals surface area (Å²) in [6.45, 7) is 0. The topological polar surface area (TPSA) is 30.2 Å². The third-order valence-corrected chi connectivity index (χ3v) is 4.19. The quantitative estimate of drug-likeness (QED) is 0.718. The molecular weight excluding hydrogens is 260 g/mol. The number of halogens is 1. The molecule has 1 heterocycles. The fourth-order valence-corrected chi connectivity index (χ4v) is 3.09. The van der Waals surface area contributed by atoms with Crippen LogP contribution in [0.1, 0.15) is 49.1 Å². The Hall–Kier alpha value is -1.28. The smallest absolute Gasteiger partial charge is 0.198 e. The normalized spacial score (nSPS) is 16.9. The summed E-state index contributed by atoms with van der Waals surface area (Å²) < 4.78 is 5.62. The highest BCUT2D eigenvalue weighted by Gasteiger charge is 2.20. The lowest BCUT2D eigenvalue weighted by atomic mass is 9.85. The second-order valence-electron chi connectivity index (χ2n) is 5.42. The minimum Gasteiger partial charge on any atom is -0.453 e. The molecule has 1 aromatic heterocycles. The Bertz CT molecular complexity index is 594. The van der Waals surface area contributed by atoms with E-state index >= 15 is 0 Å². The summed E-state index contributed by atoms with van der Waals surface area (Å²) in [5, 5.41) is 1.57. The second-order valence-corrected chi connectivity index (χ2v) is 5.86. The van der Waals surface area contributed by atoms with Gasteiger partial charge >= 0.3 is 0 Å². The van der Waals surface area contributed by atoms with E-state index in [-0.39, 0.29) is 5.78 Å². The van der Waals surface area contributed by atoms with Gasteiger partial charge in [-0.1, -0.05) is 43.7 Å². The van der Waals surface area contributed by atoms with Gasteiger partial charge in [0.15, 0.2) is 11.5 Å². The molecule has 3 heteroatoms. The number of fused-ring (bicyclic) bond motifs is 1. The first-order chi connectivity index (χ1) is 9.22. The van der Waals surface area contributed by atoms with Gasteiger partial charge in [-0.2, -0.15) is 0 Å². The monoisotopic (exact) mass is 276 g/mol. The SMILES string of the molecule is O=C(CC1CCCCC1)c1cc2cc(Cl)ccc2o1. The minimum atomic E-state index is 0.124. The number of furan rings is 1. The zero-order valence-corrected chi connectivity index (χ0v) is 11.6. The number of rotatable bonds is 3. The van der Waals surface area contributed by atoms with E-state index in [0.717, 1.165) is 11.0 Å². The molecule has 0 radical (unpaired) electrons. The van der Waals surface area contributed by atoms with E-state index in [9.17, 15) is 4.79 Å². The standard InChI is InChI=1S/C16H17ClO2/c17-13-6-7-15-12(9-13)10-16(19-15)14(18)8-11-4-2-1-3-5-11/h6-7,9-11H,1-5,8H2. The summed E-state index contributed by atoms with van der Waals surface area (Å²) in [5.41, 5.74) is 0.733. The van der Waals surface area contributed by atoms with Crippen molar-refractivity contribution in [1.82, 2.24) is 0 Å². The zero-order chi connectivity index (χ0) is 13.2. The Kier molecular flexibility index (Phi) is 3.61. The molecule has 0 unspecified atom stereocenters. The lowest BCUT2D eigenvalue weighted by Gasteiger charge is -2.20. The van der Waals surface area contributed by atoms with Gasteiger partial charge in [0.05, 0.1) is 0 Å². The van der Waals surface area contributed by atoms with E-state index in [1.807, 2.05) is 18.2 Å². The van der Waals surface area contributed by atoms with Gasteiger partial charge < -0.3 is 4.42 Å². The molecule has 3 rings (SSSR count). The van der Waals surface area contributed by atoms with Crippen LogP contribution < -0.4 is 0 Å². The van der Waals surface area contributed by atoms with Gasteiger partial charge in [0.25, 0.3) is 0 Å². The van der Waals surface area contributed by atoms with Crippen molar-refractivity contribution in [2.75, 3.05) is 0 Å². The van der Waals surface area contributed by atoms with Crippen molar-refractivity contribution in [3.63, 3.8) is 0 Å². The second kappa shape index (κ2) is 5.38. The van der Waals surface area contributed by atoms with Gasteiger partial charge in [-0.05, 0) is 30.2 Å². The Morgan fingerprint density at radius 3 is 2.79 bits per heavy atom. The number of hydrogen-bond acceptors (Lipinski definition) is 2. The van der Waals surface area contributed by atoms with Crippen molar-refractivity contribution < 1.29 is 9.21 Å². The van der Waals surface area contributed by atoms with Crippen molar-refractivity contribution >= 4 is 28.4 Å². The predicted molar refractivity (Wildman–Crippen MR) is 76.7 cm³/mol. The number of Topliss-reactive ketones (excluding diaryl/α,β-unsaturated/α-hetero) is 1. The molecule has 1 aliphatic carbocycles. The maximum atomic E-state index is 12.2. The fourth-order valence-electron chi connectivity index (χ4n) is 2.91. The first-order valence-electron chi connectivity index (χ1n) is 6.95. The third kappa shape index (κ3) is 2.84. The number of ketones is 1. The minimum absolute atomic E-state index is 0.124. The lowest BCUT2D eigenvalue weighted by molar-refractivity contribution is 0.0925. The summed E-state index contributed by atoms with van der Waals surface area (Å²) in [5.74, 6) is 1.14. The molecule has 0 saturated heterocycles. The molecule has 0 spiro atoms. The van der Waals surface area contributed by atoms with Crippen LogP contribution in [-0.4, -0.2) is 5.78 Å². The van der Waals surface area contributed by atoms with E-state index in [4.69, 9.17) is 16.0 Å². The van der Waals surface area contributed by atoms with Crippen molar-refractivity contribution in [3.8, 4) is 0 Å². The Morgan fingerprint density at radius 2 is 2.00 bits per heavy atom. The largest absolute Gasteiger partial charge is 0.453 e. The Morgan fingerprint density at radius 1 is 1.21 bits per heavy atom. The van der Waals surface area contributed by atoms with Crippen LogP contribution in [0.2, 0.25) is 5.02 Å². The maximum absolute atomic E-state index is 12.2. The molecule has 1 aliphatic rings. The molecule has 0 N–H and O–H groups in total. The number of carbonyl (C=O) groups excluding carboxylic acids is 1. The van der Waals surface area contributed by atoms with Crippen LogP contribution in [0, 0.1) is 5.92 Å².